The van der Waals surface area contributed by atoms with Gasteiger partial charge in [0.15, 0.2) is 5.16 Å². The maximum absolute atomic E-state index is 13.2. The van der Waals surface area contributed by atoms with Gasteiger partial charge in [0.05, 0.1) is 20.9 Å². The molecular formula is C23H20N4O2S3. The molecule has 0 radical (unpaired) electrons. The standard InChI is InChI=1S/C23H20N4O2S3/c1-5-10-27-22(29)18-12(2)13(3)30-21(18)26-23(27)31-14(4)19(28)15(11-24)20-25-16-8-6-7-9-17(16)32-20/h5-9,14,28H,1,10H2,2-4H3/b19-15-. The molecule has 0 aliphatic heterocycles. The highest BCUT2D eigenvalue weighted by molar-refractivity contribution is 8.00. The number of aliphatic hydroxyl groups excluding tert-OH is 1. The van der Waals surface area contributed by atoms with Gasteiger partial charge in [-0.15, -0.1) is 29.3 Å². The van der Waals surface area contributed by atoms with E-state index in [2.05, 4.69) is 17.6 Å². The molecular weight excluding hydrogens is 460 g/mol. The van der Waals surface area contributed by atoms with Gasteiger partial charge >= 0.3 is 0 Å². The summed E-state index contributed by atoms with van der Waals surface area (Å²) in [5.74, 6) is -0.0883. The molecule has 0 aliphatic carbocycles. The van der Waals surface area contributed by atoms with Crippen molar-refractivity contribution >= 4 is 60.4 Å². The maximum atomic E-state index is 13.2. The molecule has 0 saturated heterocycles. The predicted molar refractivity (Wildman–Crippen MR) is 134 cm³/mol. The lowest BCUT2D eigenvalue weighted by Gasteiger charge is -2.15. The smallest absolute Gasteiger partial charge is 0.263 e. The van der Waals surface area contributed by atoms with E-state index in [9.17, 15) is 15.2 Å². The van der Waals surface area contributed by atoms with Crippen LogP contribution in [0.1, 0.15) is 22.4 Å². The fourth-order valence-corrected chi connectivity index (χ4v) is 6.32. The van der Waals surface area contributed by atoms with Crippen LogP contribution in [0.3, 0.4) is 0 Å². The Bertz CT molecular complexity index is 1450. The number of rotatable bonds is 6. The van der Waals surface area contributed by atoms with Gasteiger partial charge in [0, 0.05) is 11.4 Å². The summed E-state index contributed by atoms with van der Waals surface area (Å²) in [7, 11) is 0. The molecule has 1 N–H and O–H groups in total. The first-order valence-corrected chi connectivity index (χ1v) is 12.3. The predicted octanol–water partition coefficient (Wildman–Crippen LogP) is 5.84. The molecule has 0 aliphatic rings. The highest BCUT2D eigenvalue weighted by atomic mass is 32.2. The van der Waals surface area contributed by atoms with Crippen LogP contribution in [0.5, 0.6) is 0 Å². The molecule has 3 heterocycles. The second-order valence-electron chi connectivity index (χ2n) is 7.18. The van der Waals surface area contributed by atoms with Crippen LogP contribution in [0, 0.1) is 25.2 Å². The van der Waals surface area contributed by atoms with Crippen molar-refractivity contribution in [2.45, 2.75) is 37.7 Å². The van der Waals surface area contributed by atoms with Crippen molar-refractivity contribution in [1.82, 2.24) is 14.5 Å². The number of aliphatic hydroxyl groups is 1. The van der Waals surface area contributed by atoms with Crippen molar-refractivity contribution in [2.75, 3.05) is 0 Å². The SMILES string of the molecule is C=CCn1c(SC(C)/C(O)=C(\C#N)c2nc3ccccc3s2)nc2sc(C)c(C)c2c1=O. The second kappa shape index (κ2) is 8.90. The zero-order chi connectivity index (χ0) is 23.0. The Morgan fingerprint density at radius 1 is 1.34 bits per heavy atom. The van der Waals surface area contributed by atoms with E-state index in [0.29, 0.717) is 26.9 Å². The van der Waals surface area contributed by atoms with Crippen molar-refractivity contribution in [1.29, 1.82) is 5.26 Å². The molecule has 162 valence electrons. The summed E-state index contributed by atoms with van der Waals surface area (Å²) in [4.78, 5) is 24.1. The molecule has 1 atom stereocenters. The number of nitriles is 1. The van der Waals surface area contributed by atoms with Crippen LogP contribution >= 0.6 is 34.4 Å². The van der Waals surface area contributed by atoms with Gasteiger partial charge in [0.1, 0.15) is 27.2 Å². The summed E-state index contributed by atoms with van der Waals surface area (Å²) in [6, 6.07) is 9.69. The molecule has 0 saturated carbocycles. The third-order valence-corrected chi connectivity index (χ3v) is 8.36. The van der Waals surface area contributed by atoms with E-state index in [1.54, 1.807) is 17.6 Å². The van der Waals surface area contributed by atoms with E-state index in [1.807, 2.05) is 38.1 Å². The van der Waals surface area contributed by atoms with Gasteiger partial charge < -0.3 is 5.11 Å². The number of aromatic nitrogens is 3. The quantitative estimate of drug-likeness (QED) is 0.122. The van der Waals surface area contributed by atoms with E-state index in [1.165, 1.54) is 34.4 Å². The van der Waals surface area contributed by atoms with Gasteiger partial charge in [-0.25, -0.2) is 9.97 Å². The van der Waals surface area contributed by atoms with E-state index in [-0.39, 0.29) is 16.9 Å². The minimum absolute atomic E-state index is 0.0883. The van der Waals surface area contributed by atoms with Crippen molar-refractivity contribution in [2.24, 2.45) is 0 Å². The molecule has 9 heteroatoms. The summed E-state index contributed by atoms with van der Waals surface area (Å²) < 4.78 is 2.51. The fourth-order valence-electron chi connectivity index (χ4n) is 3.30. The van der Waals surface area contributed by atoms with Gasteiger partial charge in [-0.05, 0) is 38.5 Å². The molecule has 4 rings (SSSR count). The zero-order valence-electron chi connectivity index (χ0n) is 17.7. The molecule has 0 bridgehead atoms. The summed E-state index contributed by atoms with van der Waals surface area (Å²) in [6.07, 6.45) is 1.65. The minimum atomic E-state index is -0.515. The molecule has 32 heavy (non-hydrogen) atoms. The number of allylic oxidation sites excluding steroid dienone is 2. The summed E-state index contributed by atoms with van der Waals surface area (Å²) >= 11 is 4.08. The largest absolute Gasteiger partial charge is 0.510 e. The Balaban J connectivity index is 1.77. The van der Waals surface area contributed by atoms with Gasteiger partial charge in [-0.1, -0.05) is 30.0 Å². The number of nitrogens with zero attached hydrogens (tertiary/aromatic N) is 4. The van der Waals surface area contributed by atoms with Crippen LogP contribution in [0.25, 0.3) is 26.0 Å². The Morgan fingerprint density at radius 2 is 2.09 bits per heavy atom. The third-order valence-electron chi connectivity index (χ3n) is 5.11. The van der Waals surface area contributed by atoms with Gasteiger partial charge in [0.25, 0.3) is 5.56 Å². The van der Waals surface area contributed by atoms with E-state index in [4.69, 9.17) is 4.98 Å². The minimum Gasteiger partial charge on any atom is -0.510 e. The molecule has 1 unspecified atom stereocenters. The maximum Gasteiger partial charge on any atom is 0.263 e. The average molecular weight is 481 g/mol. The molecule has 0 amide bonds. The van der Waals surface area contributed by atoms with Crippen molar-refractivity contribution in [3.05, 3.63) is 68.5 Å². The number of hydrogen-bond donors (Lipinski definition) is 1. The summed E-state index contributed by atoms with van der Waals surface area (Å²) in [6.45, 7) is 9.75. The number of para-hydroxylation sites is 1. The van der Waals surface area contributed by atoms with Crippen LogP contribution in [0.2, 0.25) is 0 Å². The molecule has 3 aromatic heterocycles. The number of aryl methyl sites for hydroxylation is 2. The van der Waals surface area contributed by atoms with Gasteiger partial charge in [-0.3, -0.25) is 9.36 Å². The lowest BCUT2D eigenvalue weighted by atomic mass is 10.2. The van der Waals surface area contributed by atoms with Crippen LogP contribution < -0.4 is 5.56 Å². The van der Waals surface area contributed by atoms with Crippen molar-refractivity contribution in [3.8, 4) is 6.07 Å². The summed E-state index contributed by atoms with van der Waals surface area (Å²) in [5.41, 5.74) is 1.73. The molecule has 6 nitrogen and oxygen atoms in total. The van der Waals surface area contributed by atoms with Crippen molar-refractivity contribution < 1.29 is 5.11 Å². The monoisotopic (exact) mass is 480 g/mol. The van der Waals surface area contributed by atoms with Crippen molar-refractivity contribution in [3.63, 3.8) is 0 Å². The Morgan fingerprint density at radius 3 is 2.78 bits per heavy atom. The Labute approximate surface area is 197 Å². The highest BCUT2D eigenvalue weighted by Gasteiger charge is 2.23. The number of thiophene rings is 1. The van der Waals surface area contributed by atoms with E-state index >= 15 is 0 Å². The number of hydrogen-bond acceptors (Lipinski definition) is 8. The first kappa shape index (κ1) is 22.3. The van der Waals surface area contributed by atoms with Gasteiger partial charge in [0.2, 0.25) is 0 Å². The van der Waals surface area contributed by atoms with Crippen LogP contribution in [0.4, 0.5) is 0 Å². The average Bonchev–Trinajstić information content (AvgIpc) is 3.31. The third kappa shape index (κ3) is 3.86. The fraction of sp³-hybridized carbons (Fsp3) is 0.217. The van der Waals surface area contributed by atoms with Crippen LogP contribution in [-0.2, 0) is 6.54 Å². The Kier molecular flexibility index (Phi) is 6.20. The highest BCUT2D eigenvalue weighted by Crippen LogP contribution is 2.34. The van der Waals surface area contributed by atoms with E-state index < -0.39 is 5.25 Å². The number of benzene rings is 1. The molecule has 1 aromatic carbocycles. The second-order valence-corrected chi connectivity index (χ2v) is 10.7. The molecule has 0 spiro atoms. The van der Waals surface area contributed by atoms with Crippen LogP contribution in [-0.4, -0.2) is 24.9 Å². The number of fused-ring (bicyclic) bond motifs is 2. The first-order valence-electron chi connectivity index (χ1n) is 9.83. The topological polar surface area (TPSA) is 91.8 Å². The molecule has 0 fully saturated rings. The Hall–Kier alpha value is -2.93. The lowest BCUT2D eigenvalue weighted by Crippen LogP contribution is -2.23. The number of thiazole rings is 1. The normalized spacial score (nSPS) is 13.2. The van der Waals surface area contributed by atoms with Crippen LogP contribution in [0.15, 0.2) is 52.6 Å². The molecule has 4 aromatic rings. The van der Waals surface area contributed by atoms with E-state index in [0.717, 1.165) is 20.7 Å². The lowest BCUT2D eigenvalue weighted by molar-refractivity contribution is 0.402. The summed E-state index contributed by atoms with van der Waals surface area (Å²) in [5, 5.41) is 21.7. The number of thioether (sulfide) groups is 1. The zero-order valence-corrected chi connectivity index (χ0v) is 20.2. The van der Waals surface area contributed by atoms with Gasteiger partial charge in [-0.2, -0.15) is 5.26 Å². The first-order chi connectivity index (χ1) is 15.3.